The van der Waals surface area contributed by atoms with Crippen LogP contribution in [0.2, 0.25) is 0 Å². The highest BCUT2D eigenvalue weighted by molar-refractivity contribution is 6.14. The Kier molecular flexibility index (Phi) is 8.16. The summed E-state index contributed by atoms with van der Waals surface area (Å²) in [5.41, 5.74) is 1.65. The predicted octanol–water partition coefficient (Wildman–Crippen LogP) is 5.10. The van der Waals surface area contributed by atoms with Crippen LogP contribution < -0.4 is 9.47 Å². The average molecular weight is 443 g/mol. The minimum atomic E-state index is -0.399. The van der Waals surface area contributed by atoms with Crippen molar-refractivity contribution in [1.29, 1.82) is 0 Å². The number of hydrogen-bond donors (Lipinski definition) is 1. The van der Waals surface area contributed by atoms with Gasteiger partial charge in [0.15, 0.2) is 11.6 Å². The van der Waals surface area contributed by atoms with Crippen molar-refractivity contribution < 1.29 is 24.3 Å². The number of para-hydroxylation sites is 2. The van der Waals surface area contributed by atoms with Gasteiger partial charge in [0.1, 0.15) is 11.5 Å². The summed E-state index contributed by atoms with van der Waals surface area (Å²) in [6.07, 6.45) is 3.97. The second-order valence-electron chi connectivity index (χ2n) is 7.09. The molecule has 0 radical (unpaired) electrons. The van der Waals surface area contributed by atoms with E-state index in [1.54, 1.807) is 48.5 Å². The summed E-state index contributed by atoms with van der Waals surface area (Å²) >= 11 is 0. The number of ketones is 2. The van der Waals surface area contributed by atoms with E-state index in [1.165, 1.54) is 32.6 Å². The smallest absolute Gasteiger partial charge is 0.198 e. The van der Waals surface area contributed by atoms with E-state index in [4.69, 9.17) is 9.47 Å². The average Bonchev–Trinajstić information content (AvgIpc) is 2.86. The summed E-state index contributed by atoms with van der Waals surface area (Å²) in [6.45, 7) is 0.165. The molecule has 0 aromatic heterocycles. The maximum absolute atomic E-state index is 13.3. The van der Waals surface area contributed by atoms with E-state index < -0.39 is 5.78 Å². The first-order chi connectivity index (χ1) is 16.0. The van der Waals surface area contributed by atoms with Crippen LogP contribution in [0.25, 0.3) is 0 Å². The Balaban J connectivity index is 1.94. The molecule has 0 bridgehead atoms. The summed E-state index contributed by atoms with van der Waals surface area (Å²) in [4.78, 5) is 26.1. The second-order valence-corrected chi connectivity index (χ2v) is 7.09. The van der Waals surface area contributed by atoms with Gasteiger partial charge in [0.05, 0.1) is 31.9 Å². The second kappa shape index (κ2) is 11.5. The molecule has 3 rings (SSSR count). The fourth-order valence-corrected chi connectivity index (χ4v) is 3.25. The van der Waals surface area contributed by atoms with Crippen molar-refractivity contribution >= 4 is 11.6 Å². The quantitative estimate of drug-likeness (QED) is 0.203. The first kappa shape index (κ1) is 23.5. The number of nitrogens with zero attached hydrogens (tertiary/aromatic N) is 1. The normalized spacial score (nSPS) is 11.3. The number of methoxy groups -OCH3 is 2. The Labute approximate surface area is 193 Å². The lowest BCUT2D eigenvalue weighted by molar-refractivity contribution is -0.0496. The van der Waals surface area contributed by atoms with Gasteiger partial charge in [0, 0.05) is 11.8 Å². The van der Waals surface area contributed by atoms with Crippen LogP contribution in [0.3, 0.4) is 0 Å². The lowest BCUT2D eigenvalue weighted by Gasteiger charge is -2.14. The fraction of sp³-hybridized carbons (Fsp3) is 0.111. The summed E-state index contributed by atoms with van der Waals surface area (Å²) in [5.74, 6) is 0.0920. The molecule has 0 amide bonds. The maximum Gasteiger partial charge on any atom is 0.198 e. The van der Waals surface area contributed by atoms with Gasteiger partial charge < -0.3 is 9.47 Å². The van der Waals surface area contributed by atoms with Gasteiger partial charge in [0.2, 0.25) is 0 Å². The highest BCUT2D eigenvalue weighted by atomic mass is 16.5. The molecule has 0 aliphatic carbocycles. The summed E-state index contributed by atoms with van der Waals surface area (Å²) in [5, 5.41) is 11.4. The predicted molar refractivity (Wildman–Crippen MR) is 126 cm³/mol. The van der Waals surface area contributed by atoms with Crippen molar-refractivity contribution in [2.45, 2.75) is 6.54 Å². The van der Waals surface area contributed by atoms with Gasteiger partial charge in [-0.05, 0) is 42.0 Å². The van der Waals surface area contributed by atoms with Crippen LogP contribution in [0.5, 0.6) is 11.5 Å². The van der Waals surface area contributed by atoms with Gasteiger partial charge in [-0.15, -0.1) is 0 Å². The van der Waals surface area contributed by atoms with E-state index >= 15 is 0 Å². The first-order valence-electron chi connectivity index (χ1n) is 10.3. The molecule has 33 heavy (non-hydrogen) atoms. The van der Waals surface area contributed by atoms with Crippen molar-refractivity contribution in [3.05, 3.63) is 119 Å². The first-order valence-corrected chi connectivity index (χ1v) is 10.3. The van der Waals surface area contributed by atoms with Crippen LogP contribution in [-0.2, 0) is 6.54 Å². The van der Waals surface area contributed by atoms with Gasteiger partial charge >= 0.3 is 0 Å². The number of Topliss-reactive ketones (excluding diaryl/α,β-unsaturated/α-hetero) is 1. The van der Waals surface area contributed by atoms with Gasteiger partial charge in [-0.1, -0.05) is 54.6 Å². The number of hydrogen-bond acceptors (Lipinski definition) is 6. The van der Waals surface area contributed by atoms with E-state index in [-0.39, 0.29) is 17.9 Å². The van der Waals surface area contributed by atoms with Gasteiger partial charge in [-0.25, -0.2) is 0 Å². The van der Waals surface area contributed by atoms with Crippen molar-refractivity contribution in [1.82, 2.24) is 5.06 Å². The Bertz CT molecular complexity index is 1170. The van der Waals surface area contributed by atoms with E-state index in [9.17, 15) is 14.8 Å². The highest BCUT2D eigenvalue weighted by Crippen LogP contribution is 2.23. The van der Waals surface area contributed by atoms with Crippen molar-refractivity contribution in [2.24, 2.45) is 0 Å². The molecule has 1 N–H and O–H groups in total. The number of carbonyl (C=O) groups is 2. The molecular formula is C27H25NO5. The lowest BCUT2D eigenvalue weighted by atomic mass is 10.0. The van der Waals surface area contributed by atoms with Crippen LogP contribution in [0, 0.1) is 0 Å². The van der Waals surface area contributed by atoms with Crippen LogP contribution in [0.15, 0.2) is 103 Å². The van der Waals surface area contributed by atoms with Crippen molar-refractivity contribution in [3.63, 3.8) is 0 Å². The Hall–Kier alpha value is -4.16. The standard InChI is InChI=1S/C27H25NO5/c1-32-25-14-8-6-12-22(25)24(29)17-16-21(19-28(31)18-20-10-4-3-5-11-20)27(30)23-13-7-9-15-26(23)33-2/h3-17,19,31H,18H2,1-2H3/b17-16+,21-19+. The van der Waals surface area contributed by atoms with Gasteiger partial charge in [-0.2, -0.15) is 0 Å². The van der Waals surface area contributed by atoms with Crippen LogP contribution in [0.1, 0.15) is 26.3 Å². The van der Waals surface area contributed by atoms with Crippen LogP contribution in [0.4, 0.5) is 0 Å². The molecule has 0 spiro atoms. The van der Waals surface area contributed by atoms with Crippen molar-refractivity contribution in [2.75, 3.05) is 14.2 Å². The third kappa shape index (κ3) is 6.18. The number of benzene rings is 3. The maximum atomic E-state index is 13.3. The molecule has 0 unspecified atom stereocenters. The molecule has 3 aromatic carbocycles. The molecular weight excluding hydrogens is 418 g/mol. The van der Waals surface area contributed by atoms with Gasteiger partial charge in [-0.3, -0.25) is 19.9 Å². The zero-order valence-electron chi connectivity index (χ0n) is 18.5. The van der Waals surface area contributed by atoms with E-state index in [0.29, 0.717) is 22.6 Å². The molecule has 0 aliphatic rings. The third-order valence-electron chi connectivity index (χ3n) is 4.88. The lowest BCUT2D eigenvalue weighted by Crippen LogP contribution is -2.15. The fourth-order valence-electron chi connectivity index (χ4n) is 3.25. The van der Waals surface area contributed by atoms with Crippen LogP contribution >= 0.6 is 0 Å². The Morgan fingerprint density at radius 2 is 1.33 bits per heavy atom. The Morgan fingerprint density at radius 1 is 0.788 bits per heavy atom. The van der Waals surface area contributed by atoms with E-state index in [2.05, 4.69) is 0 Å². The number of rotatable bonds is 10. The van der Waals surface area contributed by atoms with E-state index in [0.717, 1.165) is 10.6 Å². The summed E-state index contributed by atoms with van der Waals surface area (Å²) < 4.78 is 10.6. The number of carbonyl (C=O) groups excluding carboxylic acids is 2. The van der Waals surface area contributed by atoms with Crippen LogP contribution in [-0.4, -0.2) is 36.1 Å². The minimum absolute atomic E-state index is 0.112. The molecule has 3 aromatic rings. The molecule has 6 nitrogen and oxygen atoms in total. The summed E-state index contributed by atoms with van der Waals surface area (Å²) in [6, 6.07) is 22.9. The molecule has 0 heterocycles. The molecule has 6 heteroatoms. The van der Waals surface area contributed by atoms with Crippen molar-refractivity contribution in [3.8, 4) is 11.5 Å². The molecule has 0 atom stereocenters. The monoisotopic (exact) mass is 443 g/mol. The SMILES string of the molecule is COc1ccccc1C(=O)/C=C/C(=C\N(O)Cc1ccccc1)C(=O)c1ccccc1OC. The number of ether oxygens (including phenoxy) is 2. The molecule has 0 fully saturated rings. The molecule has 168 valence electrons. The molecule has 0 aliphatic heterocycles. The molecule has 0 saturated heterocycles. The summed E-state index contributed by atoms with van der Waals surface area (Å²) in [7, 11) is 2.96. The third-order valence-corrected chi connectivity index (χ3v) is 4.88. The number of allylic oxidation sites excluding steroid dienone is 3. The highest BCUT2D eigenvalue weighted by Gasteiger charge is 2.17. The zero-order chi connectivity index (χ0) is 23.6. The van der Waals surface area contributed by atoms with E-state index in [1.807, 2.05) is 30.3 Å². The zero-order valence-corrected chi connectivity index (χ0v) is 18.5. The molecule has 0 saturated carbocycles. The number of hydroxylamine groups is 2. The minimum Gasteiger partial charge on any atom is -0.496 e. The van der Waals surface area contributed by atoms with Gasteiger partial charge in [0.25, 0.3) is 0 Å². The topological polar surface area (TPSA) is 76.1 Å². The largest absolute Gasteiger partial charge is 0.496 e. The Morgan fingerprint density at radius 3 is 1.97 bits per heavy atom.